The molecule has 0 spiro atoms. The Morgan fingerprint density at radius 3 is 2.20 bits per heavy atom. The summed E-state index contributed by atoms with van der Waals surface area (Å²) < 4.78 is 21.9. The Hall–Kier alpha value is -4.46. The number of hydrogen-bond donors (Lipinski definition) is 2. The minimum Gasteiger partial charge on any atom is -0.493 e. The normalized spacial score (nSPS) is 10.1. The van der Waals surface area contributed by atoms with Crippen LogP contribution in [-0.4, -0.2) is 32.6 Å². The van der Waals surface area contributed by atoms with Crippen molar-refractivity contribution in [2.24, 2.45) is 0 Å². The molecule has 0 heterocycles. The number of hydrogen-bond acceptors (Lipinski definition) is 6. The first-order valence-electron chi connectivity index (χ1n) is 10.9. The van der Waals surface area contributed by atoms with Crippen molar-refractivity contribution >= 4 is 11.8 Å². The van der Waals surface area contributed by atoms with Gasteiger partial charge in [0.15, 0.2) is 18.1 Å². The summed E-state index contributed by atoms with van der Waals surface area (Å²) in [6.45, 7) is 3.90. The molecule has 0 saturated carbocycles. The van der Waals surface area contributed by atoms with Gasteiger partial charge >= 0.3 is 0 Å². The van der Waals surface area contributed by atoms with Crippen LogP contribution in [0.1, 0.15) is 21.5 Å². The van der Waals surface area contributed by atoms with E-state index in [-0.39, 0.29) is 6.61 Å². The zero-order valence-corrected chi connectivity index (χ0v) is 19.7. The van der Waals surface area contributed by atoms with Crippen molar-refractivity contribution in [1.82, 2.24) is 10.9 Å². The smallest absolute Gasteiger partial charge is 0.276 e. The van der Waals surface area contributed by atoms with E-state index in [1.807, 2.05) is 30.3 Å². The number of carbonyl (C=O) groups is 2. The highest BCUT2D eigenvalue weighted by atomic mass is 16.5. The van der Waals surface area contributed by atoms with Crippen molar-refractivity contribution in [3.05, 3.63) is 96.1 Å². The maximum atomic E-state index is 12.5. The quantitative estimate of drug-likeness (QED) is 0.322. The van der Waals surface area contributed by atoms with E-state index in [1.165, 1.54) is 20.3 Å². The van der Waals surface area contributed by atoms with Crippen LogP contribution in [0.5, 0.6) is 23.0 Å². The third-order valence-corrected chi connectivity index (χ3v) is 4.94. The molecule has 3 aromatic rings. The van der Waals surface area contributed by atoms with Crippen molar-refractivity contribution in [1.29, 1.82) is 0 Å². The average molecular weight is 477 g/mol. The molecule has 8 heteroatoms. The third-order valence-electron chi connectivity index (χ3n) is 4.94. The molecule has 0 atom stereocenters. The summed E-state index contributed by atoms with van der Waals surface area (Å²) in [4.78, 5) is 24.7. The number of ether oxygens (including phenoxy) is 4. The molecule has 0 aliphatic carbocycles. The maximum Gasteiger partial charge on any atom is 0.276 e. The Bertz CT molecular complexity index is 1150. The molecule has 0 aliphatic heterocycles. The highest BCUT2D eigenvalue weighted by Crippen LogP contribution is 2.33. The van der Waals surface area contributed by atoms with Gasteiger partial charge in [-0.1, -0.05) is 36.4 Å². The van der Waals surface area contributed by atoms with Crippen molar-refractivity contribution in [3.63, 3.8) is 0 Å². The van der Waals surface area contributed by atoms with Crippen LogP contribution >= 0.6 is 0 Å². The van der Waals surface area contributed by atoms with Gasteiger partial charge in [0, 0.05) is 11.1 Å². The lowest BCUT2D eigenvalue weighted by atomic mass is 10.1. The summed E-state index contributed by atoms with van der Waals surface area (Å²) in [5.74, 6) is 1.08. The Morgan fingerprint density at radius 1 is 0.886 bits per heavy atom. The van der Waals surface area contributed by atoms with E-state index in [9.17, 15) is 9.59 Å². The van der Waals surface area contributed by atoms with Gasteiger partial charge in [0.1, 0.15) is 18.1 Å². The Balaban J connectivity index is 1.48. The van der Waals surface area contributed by atoms with Crippen LogP contribution in [0.3, 0.4) is 0 Å². The molecular weight excluding hydrogens is 448 g/mol. The summed E-state index contributed by atoms with van der Waals surface area (Å²) in [6.07, 6.45) is 2.18. The molecule has 3 aromatic carbocycles. The molecular formula is C27H28N2O6. The molecule has 2 amide bonds. The van der Waals surface area contributed by atoms with Crippen molar-refractivity contribution < 1.29 is 28.5 Å². The summed E-state index contributed by atoms with van der Waals surface area (Å²) in [5.41, 5.74) is 6.81. The zero-order chi connectivity index (χ0) is 25.0. The molecule has 0 aromatic heterocycles. The fourth-order valence-corrected chi connectivity index (χ4v) is 3.24. The Kier molecular flexibility index (Phi) is 9.13. The minimum atomic E-state index is -0.519. The minimum absolute atomic E-state index is 0.280. The summed E-state index contributed by atoms with van der Waals surface area (Å²) in [6, 6.07) is 20.0. The van der Waals surface area contributed by atoms with Gasteiger partial charge in [-0.15, -0.1) is 6.58 Å². The second kappa shape index (κ2) is 12.7. The van der Waals surface area contributed by atoms with E-state index in [0.717, 1.165) is 11.1 Å². The van der Waals surface area contributed by atoms with Gasteiger partial charge in [0.25, 0.3) is 11.8 Å². The number of rotatable bonds is 11. The standard InChI is InChI=1S/C27H28N2O6/c1-4-8-20-15-21(16-24(32-2)26(20)33-3)27(31)29-28-25(30)18-35-23-13-11-22(12-14-23)34-17-19-9-6-5-7-10-19/h4-7,9-16H,1,8,17-18H2,2-3H3,(H,28,30)(H,29,31). The van der Waals surface area contributed by atoms with Gasteiger partial charge in [-0.2, -0.15) is 0 Å². The van der Waals surface area contributed by atoms with Crippen LogP contribution in [0.15, 0.2) is 79.4 Å². The number of methoxy groups -OCH3 is 2. The van der Waals surface area contributed by atoms with Crippen LogP contribution in [0.4, 0.5) is 0 Å². The topological polar surface area (TPSA) is 95.1 Å². The van der Waals surface area contributed by atoms with E-state index in [2.05, 4.69) is 17.4 Å². The number of hydrazine groups is 1. The molecule has 182 valence electrons. The molecule has 0 bridgehead atoms. The molecule has 2 N–H and O–H groups in total. The number of nitrogens with one attached hydrogen (secondary N) is 2. The highest BCUT2D eigenvalue weighted by molar-refractivity contribution is 5.96. The first kappa shape index (κ1) is 25.2. The van der Waals surface area contributed by atoms with Crippen molar-refractivity contribution in [3.8, 4) is 23.0 Å². The van der Waals surface area contributed by atoms with E-state index >= 15 is 0 Å². The van der Waals surface area contributed by atoms with Gasteiger partial charge in [-0.05, 0) is 48.4 Å². The van der Waals surface area contributed by atoms with Crippen LogP contribution in [-0.2, 0) is 17.8 Å². The predicted molar refractivity (Wildman–Crippen MR) is 132 cm³/mol. The largest absolute Gasteiger partial charge is 0.493 e. The van der Waals surface area contributed by atoms with Crippen molar-refractivity contribution in [2.45, 2.75) is 13.0 Å². The first-order valence-corrected chi connectivity index (χ1v) is 10.9. The van der Waals surface area contributed by atoms with Crippen LogP contribution in [0.2, 0.25) is 0 Å². The number of carbonyl (C=O) groups excluding carboxylic acids is 2. The van der Waals surface area contributed by atoms with Crippen molar-refractivity contribution in [2.75, 3.05) is 20.8 Å². The lowest BCUT2D eigenvalue weighted by Crippen LogP contribution is -2.43. The summed E-state index contributed by atoms with van der Waals surface area (Å²) in [7, 11) is 3.01. The molecule has 0 fully saturated rings. The molecule has 35 heavy (non-hydrogen) atoms. The Labute approximate surface area is 204 Å². The second-order valence-corrected chi connectivity index (χ2v) is 7.40. The molecule has 0 aliphatic rings. The summed E-state index contributed by atoms with van der Waals surface area (Å²) in [5, 5.41) is 0. The second-order valence-electron chi connectivity index (χ2n) is 7.40. The number of allylic oxidation sites excluding steroid dienone is 1. The van der Waals surface area contributed by atoms with Gasteiger partial charge in [-0.25, -0.2) is 0 Å². The Morgan fingerprint density at radius 2 is 1.57 bits per heavy atom. The van der Waals surface area contributed by atoms with E-state index in [4.69, 9.17) is 18.9 Å². The highest BCUT2D eigenvalue weighted by Gasteiger charge is 2.16. The molecule has 0 radical (unpaired) electrons. The lowest BCUT2D eigenvalue weighted by molar-refractivity contribution is -0.123. The van der Waals surface area contributed by atoms with E-state index in [0.29, 0.717) is 41.6 Å². The SMILES string of the molecule is C=CCc1cc(C(=O)NNC(=O)COc2ccc(OCc3ccccc3)cc2)cc(OC)c1OC. The van der Waals surface area contributed by atoms with E-state index < -0.39 is 11.8 Å². The van der Waals surface area contributed by atoms with Gasteiger partial charge in [0.2, 0.25) is 0 Å². The first-order chi connectivity index (χ1) is 17.0. The predicted octanol–water partition coefficient (Wildman–Crippen LogP) is 3.85. The number of amides is 2. The van der Waals surface area contributed by atoms with Gasteiger partial charge < -0.3 is 18.9 Å². The maximum absolute atomic E-state index is 12.5. The third kappa shape index (κ3) is 7.26. The molecule has 3 rings (SSSR count). The molecule has 8 nitrogen and oxygen atoms in total. The van der Waals surface area contributed by atoms with Crippen LogP contribution in [0.25, 0.3) is 0 Å². The van der Waals surface area contributed by atoms with Gasteiger partial charge in [0.05, 0.1) is 14.2 Å². The molecule has 0 saturated heterocycles. The molecule has 0 unspecified atom stereocenters. The van der Waals surface area contributed by atoms with Crippen LogP contribution in [0, 0.1) is 0 Å². The summed E-state index contributed by atoms with van der Waals surface area (Å²) >= 11 is 0. The van der Waals surface area contributed by atoms with Crippen LogP contribution < -0.4 is 29.8 Å². The van der Waals surface area contributed by atoms with Gasteiger partial charge in [-0.3, -0.25) is 20.4 Å². The fraction of sp³-hybridized carbons (Fsp3) is 0.185. The lowest BCUT2D eigenvalue weighted by Gasteiger charge is -2.14. The van der Waals surface area contributed by atoms with E-state index in [1.54, 1.807) is 36.4 Å². The average Bonchev–Trinajstić information content (AvgIpc) is 2.90. The zero-order valence-electron chi connectivity index (χ0n) is 19.7. The number of benzene rings is 3. The fourth-order valence-electron chi connectivity index (χ4n) is 3.24. The monoisotopic (exact) mass is 476 g/mol.